The van der Waals surface area contributed by atoms with Gasteiger partial charge in [0.05, 0.1) is 18.8 Å². The number of carbonyl (C=O) groups is 2. The van der Waals surface area contributed by atoms with Crippen LogP contribution in [0.3, 0.4) is 0 Å². The number of primary amides is 1. The van der Waals surface area contributed by atoms with E-state index in [4.69, 9.17) is 10.2 Å². The first kappa shape index (κ1) is 14.8. The summed E-state index contributed by atoms with van der Waals surface area (Å²) in [7, 11) is 0. The zero-order valence-electron chi connectivity index (χ0n) is 11.6. The summed E-state index contributed by atoms with van der Waals surface area (Å²) in [5, 5.41) is 5.78. The molecule has 0 aliphatic heterocycles. The molecule has 4 N–H and O–H groups in total. The van der Waals surface area contributed by atoms with Gasteiger partial charge in [-0.1, -0.05) is 0 Å². The Morgan fingerprint density at radius 2 is 1.95 bits per heavy atom. The molecule has 6 nitrogen and oxygen atoms in total. The Kier molecular flexibility index (Phi) is 4.73. The SMILES string of the molecule is C[C@@H](NCC(=O)Nc1ccc(C(N)=O)cc1)c1ccco1. The van der Waals surface area contributed by atoms with Crippen LogP contribution in [0.15, 0.2) is 47.1 Å². The molecule has 0 unspecified atom stereocenters. The van der Waals surface area contributed by atoms with Gasteiger partial charge in [0.25, 0.3) is 0 Å². The Bertz CT molecular complexity index is 606. The molecule has 0 radical (unpaired) electrons. The second kappa shape index (κ2) is 6.71. The first-order chi connectivity index (χ1) is 10.1. The highest BCUT2D eigenvalue weighted by atomic mass is 16.3. The number of hydrogen-bond acceptors (Lipinski definition) is 4. The summed E-state index contributed by atoms with van der Waals surface area (Å²) < 4.78 is 5.24. The number of nitrogens with one attached hydrogen (secondary N) is 2. The highest BCUT2D eigenvalue weighted by molar-refractivity contribution is 5.95. The lowest BCUT2D eigenvalue weighted by Gasteiger charge is -2.11. The lowest BCUT2D eigenvalue weighted by atomic mass is 10.2. The summed E-state index contributed by atoms with van der Waals surface area (Å²) in [6.07, 6.45) is 1.59. The summed E-state index contributed by atoms with van der Waals surface area (Å²) in [4.78, 5) is 22.7. The first-order valence-electron chi connectivity index (χ1n) is 6.53. The van der Waals surface area contributed by atoms with E-state index in [1.54, 1.807) is 36.6 Å². The third-order valence-electron chi connectivity index (χ3n) is 2.99. The van der Waals surface area contributed by atoms with Crippen LogP contribution in [0.1, 0.15) is 29.1 Å². The number of furan rings is 1. The van der Waals surface area contributed by atoms with E-state index in [1.807, 2.05) is 13.0 Å². The van der Waals surface area contributed by atoms with Crippen LogP contribution in [-0.2, 0) is 4.79 Å². The van der Waals surface area contributed by atoms with Gasteiger partial charge in [-0.25, -0.2) is 0 Å². The quantitative estimate of drug-likeness (QED) is 0.752. The molecular weight excluding hydrogens is 270 g/mol. The third-order valence-corrected chi connectivity index (χ3v) is 2.99. The molecule has 0 fully saturated rings. The minimum absolute atomic E-state index is 0.0528. The summed E-state index contributed by atoms with van der Waals surface area (Å²) in [6, 6.07) is 9.99. The molecule has 21 heavy (non-hydrogen) atoms. The van der Waals surface area contributed by atoms with Crippen molar-refractivity contribution in [2.45, 2.75) is 13.0 Å². The molecule has 1 aromatic carbocycles. The van der Waals surface area contributed by atoms with E-state index in [-0.39, 0.29) is 18.5 Å². The molecule has 0 aliphatic carbocycles. The fourth-order valence-electron chi connectivity index (χ4n) is 1.81. The number of hydrogen-bond donors (Lipinski definition) is 3. The average Bonchev–Trinajstić information content (AvgIpc) is 2.99. The minimum atomic E-state index is -0.498. The molecule has 0 saturated carbocycles. The predicted octanol–water partition coefficient (Wildman–Crippen LogP) is 1.67. The van der Waals surface area contributed by atoms with Crippen LogP contribution in [-0.4, -0.2) is 18.4 Å². The van der Waals surface area contributed by atoms with Crippen LogP contribution in [0, 0.1) is 0 Å². The van der Waals surface area contributed by atoms with Gasteiger partial charge in [0.15, 0.2) is 0 Å². The number of nitrogens with two attached hydrogens (primary N) is 1. The van der Waals surface area contributed by atoms with Crippen molar-refractivity contribution in [2.75, 3.05) is 11.9 Å². The summed E-state index contributed by atoms with van der Waals surface area (Å²) >= 11 is 0. The normalized spacial score (nSPS) is 11.9. The van der Waals surface area contributed by atoms with Crippen LogP contribution in [0.25, 0.3) is 0 Å². The largest absolute Gasteiger partial charge is 0.468 e. The van der Waals surface area contributed by atoms with Crippen LogP contribution >= 0.6 is 0 Å². The Balaban J connectivity index is 1.83. The van der Waals surface area contributed by atoms with Gasteiger partial charge in [-0.05, 0) is 43.3 Å². The maximum atomic E-state index is 11.8. The van der Waals surface area contributed by atoms with Crippen molar-refractivity contribution in [2.24, 2.45) is 5.73 Å². The molecule has 0 bridgehead atoms. The predicted molar refractivity (Wildman–Crippen MR) is 78.7 cm³/mol. The second-order valence-corrected chi connectivity index (χ2v) is 4.61. The molecule has 1 atom stereocenters. The van der Waals surface area contributed by atoms with E-state index in [2.05, 4.69) is 10.6 Å². The fraction of sp³-hybridized carbons (Fsp3) is 0.200. The zero-order valence-corrected chi connectivity index (χ0v) is 11.6. The van der Waals surface area contributed by atoms with Gasteiger partial charge in [0.2, 0.25) is 11.8 Å². The Hall–Kier alpha value is -2.60. The van der Waals surface area contributed by atoms with Crippen molar-refractivity contribution < 1.29 is 14.0 Å². The lowest BCUT2D eigenvalue weighted by Crippen LogP contribution is -2.30. The van der Waals surface area contributed by atoms with E-state index in [9.17, 15) is 9.59 Å². The summed E-state index contributed by atoms with van der Waals surface area (Å²) in [5.74, 6) is 0.0932. The maximum Gasteiger partial charge on any atom is 0.248 e. The zero-order chi connectivity index (χ0) is 15.2. The van der Waals surface area contributed by atoms with Gasteiger partial charge in [-0.15, -0.1) is 0 Å². The van der Waals surface area contributed by atoms with E-state index in [1.165, 1.54) is 0 Å². The number of amides is 2. The van der Waals surface area contributed by atoms with E-state index < -0.39 is 5.91 Å². The highest BCUT2D eigenvalue weighted by Crippen LogP contribution is 2.12. The van der Waals surface area contributed by atoms with Crippen LogP contribution in [0.2, 0.25) is 0 Å². The number of carbonyl (C=O) groups excluding carboxylic acids is 2. The molecule has 0 aliphatic rings. The lowest BCUT2D eigenvalue weighted by molar-refractivity contribution is -0.115. The Morgan fingerprint density at radius 3 is 2.52 bits per heavy atom. The van der Waals surface area contributed by atoms with Crippen LogP contribution < -0.4 is 16.4 Å². The van der Waals surface area contributed by atoms with E-state index in [0.29, 0.717) is 11.3 Å². The molecule has 2 amide bonds. The molecule has 110 valence electrons. The monoisotopic (exact) mass is 287 g/mol. The van der Waals surface area contributed by atoms with Crippen molar-refractivity contribution in [3.8, 4) is 0 Å². The Morgan fingerprint density at radius 1 is 1.24 bits per heavy atom. The molecule has 1 aromatic heterocycles. The van der Waals surface area contributed by atoms with Crippen molar-refractivity contribution in [1.29, 1.82) is 0 Å². The molecule has 2 rings (SSSR count). The highest BCUT2D eigenvalue weighted by Gasteiger charge is 2.10. The van der Waals surface area contributed by atoms with Gasteiger partial charge in [0, 0.05) is 11.3 Å². The average molecular weight is 287 g/mol. The molecule has 2 aromatic rings. The van der Waals surface area contributed by atoms with Crippen LogP contribution in [0.5, 0.6) is 0 Å². The van der Waals surface area contributed by atoms with Gasteiger partial charge in [-0.3, -0.25) is 14.9 Å². The molecular formula is C15H17N3O3. The molecule has 6 heteroatoms. The van der Waals surface area contributed by atoms with Crippen molar-refractivity contribution in [1.82, 2.24) is 5.32 Å². The molecule has 0 saturated heterocycles. The second-order valence-electron chi connectivity index (χ2n) is 4.61. The van der Waals surface area contributed by atoms with E-state index in [0.717, 1.165) is 5.76 Å². The number of benzene rings is 1. The summed E-state index contributed by atoms with van der Waals surface area (Å²) in [5.41, 5.74) is 6.16. The fourth-order valence-corrected chi connectivity index (χ4v) is 1.81. The van der Waals surface area contributed by atoms with Gasteiger partial charge in [0.1, 0.15) is 5.76 Å². The smallest absolute Gasteiger partial charge is 0.248 e. The first-order valence-corrected chi connectivity index (χ1v) is 6.53. The third kappa shape index (κ3) is 4.19. The number of anilines is 1. The Labute approximate surface area is 122 Å². The van der Waals surface area contributed by atoms with E-state index >= 15 is 0 Å². The molecule has 0 spiro atoms. The minimum Gasteiger partial charge on any atom is -0.468 e. The molecule has 1 heterocycles. The van der Waals surface area contributed by atoms with Crippen molar-refractivity contribution >= 4 is 17.5 Å². The van der Waals surface area contributed by atoms with Crippen molar-refractivity contribution in [3.63, 3.8) is 0 Å². The topological polar surface area (TPSA) is 97.4 Å². The maximum absolute atomic E-state index is 11.8. The van der Waals surface area contributed by atoms with Gasteiger partial charge in [-0.2, -0.15) is 0 Å². The van der Waals surface area contributed by atoms with Crippen LogP contribution in [0.4, 0.5) is 5.69 Å². The van der Waals surface area contributed by atoms with Gasteiger partial charge >= 0.3 is 0 Å². The summed E-state index contributed by atoms with van der Waals surface area (Å²) in [6.45, 7) is 2.06. The van der Waals surface area contributed by atoms with Crippen molar-refractivity contribution in [3.05, 3.63) is 54.0 Å². The van der Waals surface area contributed by atoms with Gasteiger partial charge < -0.3 is 15.5 Å². The number of rotatable bonds is 6. The standard InChI is InChI=1S/C15H17N3O3/c1-10(13-3-2-8-21-13)17-9-14(19)18-12-6-4-11(5-7-12)15(16)20/h2-8,10,17H,9H2,1H3,(H2,16,20)(H,18,19)/t10-/m1/s1.